The lowest BCUT2D eigenvalue weighted by Gasteiger charge is -2.12. The molecule has 2 unspecified atom stereocenters. The molecule has 4 nitrogen and oxygen atoms in total. The van der Waals surface area contributed by atoms with Crippen LogP contribution in [0.3, 0.4) is 0 Å². The lowest BCUT2D eigenvalue weighted by molar-refractivity contribution is -0.122. The van der Waals surface area contributed by atoms with Crippen LogP contribution in [0.2, 0.25) is 0 Å². The van der Waals surface area contributed by atoms with Crippen LogP contribution in [0.15, 0.2) is 12.7 Å². The highest BCUT2D eigenvalue weighted by Crippen LogP contribution is 2.14. The molecule has 0 aromatic rings. The summed E-state index contributed by atoms with van der Waals surface area (Å²) in [5.41, 5.74) is 5.61. The van der Waals surface area contributed by atoms with Crippen LogP contribution < -0.4 is 11.1 Å². The van der Waals surface area contributed by atoms with Crippen molar-refractivity contribution in [1.82, 2.24) is 5.32 Å². The van der Waals surface area contributed by atoms with Gasteiger partial charge in [-0.2, -0.15) is 0 Å². The summed E-state index contributed by atoms with van der Waals surface area (Å²) in [6.07, 6.45) is 5.62. The van der Waals surface area contributed by atoms with Gasteiger partial charge in [0.05, 0.1) is 12.1 Å². The van der Waals surface area contributed by atoms with E-state index in [0.29, 0.717) is 19.1 Å². The maximum Gasteiger partial charge on any atom is 0.237 e. The summed E-state index contributed by atoms with van der Waals surface area (Å²) < 4.78 is 5.44. The van der Waals surface area contributed by atoms with Crippen LogP contribution >= 0.6 is 0 Å². The van der Waals surface area contributed by atoms with E-state index in [1.54, 1.807) is 6.08 Å². The molecule has 0 aromatic heterocycles. The van der Waals surface area contributed by atoms with Crippen LogP contribution in [-0.2, 0) is 9.53 Å². The Morgan fingerprint density at radius 2 is 2.53 bits per heavy atom. The SMILES string of the molecule is C=CCC(N)C(=O)NCCC1CCCO1. The molecule has 0 bridgehead atoms. The Balaban J connectivity index is 2.07. The lowest BCUT2D eigenvalue weighted by Crippen LogP contribution is -2.41. The quantitative estimate of drug-likeness (QED) is 0.633. The minimum atomic E-state index is -0.466. The van der Waals surface area contributed by atoms with Crippen molar-refractivity contribution in [2.45, 2.75) is 37.8 Å². The topological polar surface area (TPSA) is 64.4 Å². The van der Waals surface area contributed by atoms with E-state index in [9.17, 15) is 4.79 Å². The molecule has 1 aliphatic heterocycles. The molecule has 15 heavy (non-hydrogen) atoms. The van der Waals surface area contributed by atoms with Crippen molar-refractivity contribution in [2.24, 2.45) is 5.73 Å². The fraction of sp³-hybridized carbons (Fsp3) is 0.727. The van der Waals surface area contributed by atoms with Crippen molar-refractivity contribution < 1.29 is 9.53 Å². The van der Waals surface area contributed by atoms with Crippen LogP contribution in [0.4, 0.5) is 0 Å². The summed E-state index contributed by atoms with van der Waals surface area (Å²) in [4.78, 5) is 11.4. The zero-order valence-corrected chi connectivity index (χ0v) is 9.08. The first-order valence-electron chi connectivity index (χ1n) is 5.50. The average Bonchev–Trinajstić information content (AvgIpc) is 2.71. The van der Waals surface area contributed by atoms with E-state index in [4.69, 9.17) is 10.5 Å². The Labute approximate surface area is 90.9 Å². The average molecular weight is 212 g/mol. The Kier molecular flexibility index (Phi) is 5.36. The Morgan fingerprint density at radius 3 is 3.13 bits per heavy atom. The molecule has 2 atom stereocenters. The van der Waals surface area contributed by atoms with Crippen LogP contribution in [0.5, 0.6) is 0 Å². The first-order valence-corrected chi connectivity index (χ1v) is 5.50. The van der Waals surface area contributed by atoms with E-state index in [1.165, 1.54) is 0 Å². The molecule has 1 amide bonds. The third kappa shape index (κ3) is 4.44. The van der Waals surface area contributed by atoms with Gasteiger partial charge in [-0.1, -0.05) is 6.08 Å². The number of carbonyl (C=O) groups is 1. The minimum absolute atomic E-state index is 0.104. The molecular formula is C11H20N2O2. The number of carbonyl (C=O) groups excluding carboxylic acids is 1. The number of amides is 1. The molecule has 0 radical (unpaired) electrons. The van der Waals surface area contributed by atoms with Crippen molar-refractivity contribution in [3.05, 3.63) is 12.7 Å². The standard InChI is InChI=1S/C11H20N2O2/c1-2-4-10(12)11(14)13-7-6-9-5-3-8-15-9/h2,9-10H,1,3-8,12H2,(H,13,14). The van der Waals surface area contributed by atoms with Gasteiger partial charge in [0, 0.05) is 13.2 Å². The Hall–Kier alpha value is -0.870. The van der Waals surface area contributed by atoms with Gasteiger partial charge >= 0.3 is 0 Å². The van der Waals surface area contributed by atoms with E-state index in [-0.39, 0.29) is 5.91 Å². The summed E-state index contributed by atoms with van der Waals surface area (Å²) in [6, 6.07) is -0.466. The molecule has 0 aromatic carbocycles. The highest BCUT2D eigenvalue weighted by molar-refractivity contribution is 5.81. The van der Waals surface area contributed by atoms with Crippen LogP contribution in [0.25, 0.3) is 0 Å². The van der Waals surface area contributed by atoms with Gasteiger partial charge in [0.25, 0.3) is 0 Å². The molecule has 1 aliphatic rings. The molecule has 1 heterocycles. The predicted octanol–water partition coefficient (Wildman–Crippen LogP) is 0.575. The summed E-state index contributed by atoms with van der Waals surface area (Å²) in [5, 5.41) is 2.80. The zero-order valence-electron chi connectivity index (χ0n) is 9.08. The molecule has 4 heteroatoms. The van der Waals surface area contributed by atoms with Crippen LogP contribution in [0.1, 0.15) is 25.7 Å². The van der Waals surface area contributed by atoms with Gasteiger partial charge in [-0.05, 0) is 25.7 Å². The van der Waals surface area contributed by atoms with Gasteiger partial charge in [0.2, 0.25) is 5.91 Å². The normalized spacial score (nSPS) is 22.3. The molecular weight excluding hydrogens is 192 g/mol. The highest BCUT2D eigenvalue weighted by Gasteiger charge is 2.16. The second kappa shape index (κ2) is 6.58. The lowest BCUT2D eigenvalue weighted by atomic mass is 10.1. The molecule has 1 rings (SSSR count). The maximum atomic E-state index is 11.4. The molecule has 1 saturated heterocycles. The number of hydrogen-bond acceptors (Lipinski definition) is 3. The van der Waals surface area contributed by atoms with E-state index in [0.717, 1.165) is 25.9 Å². The third-order valence-electron chi connectivity index (χ3n) is 2.55. The summed E-state index contributed by atoms with van der Waals surface area (Å²) in [6.45, 7) is 5.05. The van der Waals surface area contributed by atoms with Gasteiger partial charge in [-0.3, -0.25) is 4.79 Å². The van der Waals surface area contributed by atoms with Crippen LogP contribution in [0, 0.1) is 0 Å². The van der Waals surface area contributed by atoms with Crippen molar-refractivity contribution in [1.29, 1.82) is 0 Å². The fourth-order valence-corrected chi connectivity index (χ4v) is 1.65. The Bertz CT molecular complexity index is 213. The predicted molar refractivity (Wildman–Crippen MR) is 59.4 cm³/mol. The summed E-state index contributed by atoms with van der Waals surface area (Å²) in [5.74, 6) is -0.104. The van der Waals surface area contributed by atoms with E-state index in [1.807, 2.05) is 0 Å². The van der Waals surface area contributed by atoms with Gasteiger partial charge in [-0.25, -0.2) is 0 Å². The van der Waals surface area contributed by atoms with Crippen molar-refractivity contribution >= 4 is 5.91 Å². The summed E-state index contributed by atoms with van der Waals surface area (Å²) in [7, 11) is 0. The molecule has 1 fully saturated rings. The molecule has 86 valence electrons. The number of hydrogen-bond donors (Lipinski definition) is 2. The Morgan fingerprint density at radius 1 is 1.73 bits per heavy atom. The first kappa shape index (κ1) is 12.2. The van der Waals surface area contributed by atoms with Gasteiger partial charge in [-0.15, -0.1) is 6.58 Å². The van der Waals surface area contributed by atoms with Crippen molar-refractivity contribution in [3.63, 3.8) is 0 Å². The minimum Gasteiger partial charge on any atom is -0.378 e. The third-order valence-corrected chi connectivity index (χ3v) is 2.55. The van der Waals surface area contributed by atoms with Gasteiger partial charge in [0.1, 0.15) is 0 Å². The molecule has 0 aliphatic carbocycles. The number of rotatable bonds is 6. The smallest absolute Gasteiger partial charge is 0.237 e. The molecule has 0 saturated carbocycles. The maximum absolute atomic E-state index is 11.4. The number of nitrogens with two attached hydrogens (primary N) is 1. The monoisotopic (exact) mass is 212 g/mol. The van der Waals surface area contributed by atoms with E-state index >= 15 is 0 Å². The highest BCUT2D eigenvalue weighted by atomic mass is 16.5. The van der Waals surface area contributed by atoms with E-state index in [2.05, 4.69) is 11.9 Å². The van der Waals surface area contributed by atoms with Crippen molar-refractivity contribution in [2.75, 3.05) is 13.2 Å². The molecule has 0 spiro atoms. The molecule has 3 N–H and O–H groups in total. The number of ether oxygens (including phenoxy) is 1. The largest absolute Gasteiger partial charge is 0.378 e. The zero-order chi connectivity index (χ0) is 11.1. The first-order chi connectivity index (χ1) is 7.24. The second-order valence-corrected chi connectivity index (χ2v) is 3.85. The fourth-order valence-electron chi connectivity index (χ4n) is 1.65. The van der Waals surface area contributed by atoms with Gasteiger partial charge < -0.3 is 15.8 Å². The van der Waals surface area contributed by atoms with Crippen LogP contribution in [-0.4, -0.2) is 31.2 Å². The summed E-state index contributed by atoms with van der Waals surface area (Å²) >= 11 is 0. The number of nitrogens with one attached hydrogen (secondary N) is 1. The van der Waals surface area contributed by atoms with E-state index < -0.39 is 6.04 Å². The van der Waals surface area contributed by atoms with Crippen molar-refractivity contribution in [3.8, 4) is 0 Å². The second-order valence-electron chi connectivity index (χ2n) is 3.85. The van der Waals surface area contributed by atoms with Gasteiger partial charge in [0.15, 0.2) is 0 Å².